The van der Waals surface area contributed by atoms with Gasteiger partial charge in [-0.25, -0.2) is 0 Å². The van der Waals surface area contributed by atoms with E-state index >= 15 is 0 Å². The molecule has 0 saturated carbocycles. The van der Waals surface area contributed by atoms with Crippen LogP contribution in [0, 0.1) is 0 Å². The van der Waals surface area contributed by atoms with Gasteiger partial charge in [-0.15, -0.1) is 20.4 Å². The van der Waals surface area contributed by atoms with Crippen molar-refractivity contribution in [1.82, 2.24) is 25.0 Å². The summed E-state index contributed by atoms with van der Waals surface area (Å²) in [4.78, 5) is 2.30. The number of piperidine rings is 1. The zero-order valence-electron chi connectivity index (χ0n) is 20.0. The summed E-state index contributed by atoms with van der Waals surface area (Å²) in [6.07, 6.45) is 3.53. The molecule has 1 fully saturated rings. The summed E-state index contributed by atoms with van der Waals surface area (Å²) in [5.74, 6) is 3.36. The molecule has 1 aliphatic rings. The summed E-state index contributed by atoms with van der Waals surface area (Å²) >= 11 is 1.53. The van der Waals surface area contributed by atoms with Crippen molar-refractivity contribution in [2.45, 2.75) is 36.6 Å². The Kier molecular flexibility index (Phi) is 6.89. The Morgan fingerprint density at radius 1 is 0.886 bits per heavy atom. The van der Waals surface area contributed by atoms with Gasteiger partial charge in [-0.1, -0.05) is 23.9 Å². The molecule has 182 valence electrons. The molecule has 9 nitrogen and oxygen atoms in total. The zero-order chi connectivity index (χ0) is 24.2. The van der Waals surface area contributed by atoms with Crippen molar-refractivity contribution in [3.63, 3.8) is 0 Å². The van der Waals surface area contributed by atoms with Gasteiger partial charge < -0.3 is 18.8 Å². The molecular weight excluding hydrogens is 464 g/mol. The van der Waals surface area contributed by atoms with Crippen molar-refractivity contribution in [1.29, 1.82) is 0 Å². The van der Waals surface area contributed by atoms with E-state index in [9.17, 15) is 0 Å². The van der Waals surface area contributed by atoms with Crippen LogP contribution in [0.4, 0.5) is 5.95 Å². The van der Waals surface area contributed by atoms with E-state index in [0.717, 1.165) is 59.8 Å². The lowest BCUT2D eigenvalue weighted by Crippen LogP contribution is -2.31. The van der Waals surface area contributed by atoms with Crippen LogP contribution in [0.25, 0.3) is 17.1 Å². The lowest BCUT2D eigenvalue weighted by Gasteiger charge is -2.28. The second-order valence-electron chi connectivity index (χ2n) is 8.27. The number of anilines is 1. The molecule has 1 saturated heterocycles. The minimum atomic E-state index is -0.138. The van der Waals surface area contributed by atoms with E-state index in [1.807, 2.05) is 55.5 Å². The number of hydrogen-bond acceptors (Lipinski definition) is 9. The molecule has 5 rings (SSSR count). The number of para-hydroxylation sites is 2. The lowest BCUT2D eigenvalue weighted by molar-refractivity contribution is 0.412. The molecule has 0 spiro atoms. The fourth-order valence-electron chi connectivity index (χ4n) is 4.12. The minimum absolute atomic E-state index is 0.138. The van der Waals surface area contributed by atoms with E-state index in [-0.39, 0.29) is 5.25 Å². The number of benzene rings is 2. The van der Waals surface area contributed by atoms with Crippen LogP contribution < -0.4 is 14.4 Å². The largest absolute Gasteiger partial charge is 0.497 e. The zero-order valence-corrected chi connectivity index (χ0v) is 20.9. The highest BCUT2D eigenvalue weighted by Gasteiger charge is 2.26. The standard InChI is InChI=1S/C25H28N6O3S/c1-17(22-26-27-23(34-22)18-11-13-19(32-2)14-12-18)35-25-29-28-24(30-15-7-4-8-16-30)31(25)20-9-5-6-10-21(20)33-3/h5-6,9-14,17H,4,7-8,15-16H2,1-3H3. The summed E-state index contributed by atoms with van der Waals surface area (Å²) in [6, 6.07) is 15.5. The number of methoxy groups -OCH3 is 2. The maximum Gasteiger partial charge on any atom is 0.247 e. The number of thioether (sulfide) groups is 1. The maximum absolute atomic E-state index is 6.01. The molecule has 1 aliphatic heterocycles. The molecule has 0 N–H and O–H groups in total. The van der Waals surface area contributed by atoms with E-state index in [4.69, 9.17) is 13.9 Å². The Morgan fingerprint density at radius 2 is 1.66 bits per heavy atom. The molecule has 0 radical (unpaired) electrons. The molecule has 0 aliphatic carbocycles. The van der Waals surface area contributed by atoms with Crippen LogP contribution >= 0.6 is 11.8 Å². The Labute approximate surface area is 208 Å². The fourth-order valence-corrected chi connectivity index (χ4v) is 5.01. The predicted molar refractivity (Wildman–Crippen MR) is 135 cm³/mol. The van der Waals surface area contributed by atoms with Gasteiger partial charge in [-0.3, -0.25) is 4.57 Å². The SMILES string of the molecule is COc1ccc(-c2nnc(C(C)Sc3nnc(N4CCCCC4)n3-c3ccccc3OC)o2)cc1. The van der Waals surface area contributed by atoms with Crippen LogP contribution in [-0.4, -0.2) is 52.3 Å². The van der Waals surface area contributed by atoms with Gasteiger partial charge in [0, 0.05) is 18.7 Å². The minimum Gasteiger partial charge on any atom is -0.497 e. The normalized spacial score (nSPS) is 14.7. The van der Waals surface area contributed by atoms with Gasteiger partial charge in [-0.05, 0) is 62.6 Å². The summed E-state index contributed by atoms with van der Waals surface area (Å²) in [6.45, 7) is 3.95. The Morgan fingerprint density at radius 3 is 2.40 bits per heavy atom. The van der Waals surface area contributed by atoms with E-state index < -0.39 is 0 Å². The van der Waals surface area contributed by atoms with Crippen LogP contribution in [-0.2, 0) is 0 Å². The highest BCUT2D eigenvalue weighted by molar-refractivity contribution is 7.99. The summed E-state index contributed by atoms with van der Waals surface area (Å²) < 4.78 is 19.0. The van der Waals surface area contributed by atoms with Crippen LogP contribution in [0.5, 0.6) is 11.5 Å². The Balaban J connectivity index is 1.45. The Hall–Kier alpha value is -3.53. The van der Waals surface area contributed by atoms with Crippen LogP contribution in [0.15, 0.2) is 58.1 Å². The molecule has 1 unspecified atom stereocenters. The highest BCUT2D eigenvalue weighted by atomic mass is 32.2. The number of aromatic nitrogens is 5. The lowest BCUT2D eigenvalue weighted by atomic mass is 10.1. The molecule has 2 aromatic heterocycles. The molecule has 0 bridgehead atoms. The third-order valence-corrected chi connectivity index (χ3v) is 7.02. The van der Waals surface area contributed by atoms with Gasteiger partial charge in [0.05, 0.1) is 25.2 Å². The molecule has 2 aromatic carbocycles. The van der Waals surface area contributed by atoms with E-state index in [1.165, 1.54) is 18.2 Å². The number of rotatable bonds is 8. The van der Waals surface area contributed by atoms with Crippen molar-refractivity contribution in [3.05, 3.63) is 54.4 Å². The first-order valence-electron chi connectivity index (χ1n) is 11.7. The fraction of sp³-hybridized carbons (Fsp3) is 0.360. The second kappa shape index (κ2) is 10.4. The van der Waals surface area contributed by atoms with Crippen molar-refractivity contribution >= 4 is 17.7 Å². The van der Waals surface area contributed by atoms with Crippen molar-refractivity contribution in [3.8, 4) is 28.6 Å². The van der Waals surface area contributed by atoms with E-state index in [1.54, 1.807) is 14.2 Å². The average Bonchev–Trinajstić information content (AvgIpc) is 3.57. The van der Waals surface area contributed by atoms with Crippen molar-refractivity contribution in [2.24, 2.45) is 0 Å². The van der Waals surface area contributed by atoms with Crippen LogP contribution in [0.2, 0.25) is 0 Å². The van der Waals surface area contributed by atoms with Crippen LogP contribution in [0.3, 0.4) is 0 Å². The molecule has 0 amide bonds. The summed E-state index contributed by atoms with van der Waals surface area (Å²) in [5.41, 5.74) is 1.74. The first kappa shape index (κ1) is 23.2. The number of nitrogens with zero attached hydrogens (tertiary/aromatic N) is 6. The average molecular weight is 493 g/mol. The molecule has 10 heteroatoms. The first-order chi connectivity index (χ1) is 17.2. The smallest absolute Gasteiger partial charge is 0.247 e. The topological polar surface area (TPSA) is 91.3 Å². The third-order valence-electron chi connectivity index (χ3n) is 5.99. The van der Waals surface area contributed by atoms with E-state index in [2.05, 4.69) is 29.9 Å². The molecule has 4 aromatic rings. The van der Waals surface area contributed by atoms with Gasteiger partial charge >= 0.3 is 0 Å². The van der Waals surface area contributed by atoms with Gasteiger partial charge in [0.25, 0.3) is 0 Å². The molecule has 1 atom stereocenters. The summed E-state index contributed by atoms with van der Waals surface area (Å²) in [7, 11) is 3.32. The second-order valence-corrected chi connectivity index (χ2v) is 9.58. The summed E-state index contributed by atoms with van der Waals surface area (Å²) in [5, 5.41) is 18.3. The van der Waals surface area contributed by atoms with Crippen molar-refractivity contribution < 1.29 is 13.9 Å². The quantitative estimate of drug-likeness (QED) is 0.309. The van der Waals surface area contributed by atoms with E-state index in [0.29, 0.717) is 11.8 Å². The molecule has 35 heavy (non-hydrogen) atoms. The Bertz CT molecular complexity index is 1270. The van der Waals surface area contributed by atoms with Gasteiger partial charge in [0.15, 0.2) is 5.16 Å². The van der Waals surface area contributed by atoms with Gasteiger partial charge in [-0.2, -0.15) is 0 Å². The highest BCUT2D eigenvalue weighted by Crippen LogP contribution is 2.39. The van der Waals surface area contributed by atoms with Gasteiger partial charge in [0.2, 0.25) is 17.7 Å². The predicted octanol–water partition coefficient (Wildman–Crippen LogP) is 5.18. The maximum atomic E-state index is 6.01. The van der Waals surface area contributed by atoms with Crippen molar-refractivity contribution in [2.75, 3.05) is 32.2 Å². The first-order valence-corrected chi connectivity index (χ1v) is 12.5. The van der Waals surface area contributed by atoms with Crippen LogP contribution in [0.1, 0.15) is 37.3 Å². The molecular formula is C25H28N6O3S. The third kappa shape index (κ3) is 4.84. The van der Waals surface area contributed by atoms with Gasteiger partial charge in [0.1, 0.15) is 11.5 Å². The number of ether oxygens (including phenoxy) is 2. The monoisotopic (exact) mass is 492 g/mol. The number of hydrogen-bond donors (Lipinski definition) is 0. The molecule has 3 heterocycles.